The Bertz CT molecular complexity index is 1470. The van der Waals surface area contributed by atoms with Crippen molar-refractivity contribution >= 4 is 11.9 Å². The number of carbonyl (C=O) groups is 2. The second-order valence-corrected chi connectivity index (χ2v) is 31.3. The van der Waals surface area contributed by atoms with Crippen molar-refractivity contribution in [3.63, 3.8) is 0 Å². The van der Waals surface area contributed by atoms with E-state index in [9.17, 15) is 19.8 Å². The predicted molar refractivity (Wildman–Crippen MR) is 426 cm³/mol. The summed E-state index contributed by atoms with van der Waals surface area (Å²) < 4.78 is 5.53. The lowest BCUT2D eigenvalue weighted by atomic mass is 10.0. The smallest absolute Gasteiger partial charge is 0.305 e. The van der Waals surface area contributed by atoms with Crippen molar-refractivity contribution in [1.29, 1.82) is 0 Å². The molecule has 6 heteroatoms. The molecule has 6 nitrogen and oxygen atoms in total. The van der Waals surface area contributed by atoms with Crippen LogP contribution in [0.15, 0.2) is 12.2 Å². The highest BCUT2D eigenvalue weighted by Crippen LogP contribution is 2.21. The van der Waals surface area contributed by atoms with Gasteiger partial charge in [-0.05, 0) is 51.4 Å². The summed E-state index contributed by atoms with van der Waals surface area (Å²) in [5.41, 5.74) is 0. The number of ether oxygens (including phenoxy) is 1. The Balaban J connectivity index is 3.32. The van der Waals surface area contributed by atoms with Crippen molar-refractivity contribution in [2.75, 3.05) is 13.2 Å². The van der Waals surface area contributed by atoms with Crippen LogP contribution in [0.1, 0.15) is 528 Å². The van der Waals surface area contributed by atoms with Gasteiger partial charge in [0.2, 0.25) is 5.91 Å². The molecule has 0 fully saturated rings. The third-order valence-corrected chi connectivity index (χ3v) is 21.6. The number of aliphatic hydroxyl groups excluding tert-OH is 2. The highest BCUT2D eigenvalue weighted by Gasteiger charge is 2.20. The van der Waals surface area contributed by atoms with E-state index in [2.05, 4.69) is 31.3 Å². The Kier molecular flexibility index (Phi) is 84.8. The minimum Gasteiger partial charge on any atom is -0.466 e. The van der Waals surface area contributed by atoms with E-state index in [1.165, 1.54) is 456 Å². The third-order valence-electron chi connectivity index (χ3n) is 21.6. The maximum Gasteiger partial charge on any atom is 0.305 e. The Morgan fingerprint density at radius 1 is 0.281 bits per heavy atom. The van der Waals surface area contributed by atoms with E-state index in [-0.39, 0.29) is 18.5 Å². The van der Waals surface area contributed by atoms with Crippen LogP contribution in [0.2, 0.25) is 0 Å². The van der Waals surface area contributed by atoms with Crippen molar-refractivity contribution in [2.24, 2.45) is 0 Å². The molecular weight excluding hydrogens is 1170 g/mol. The Morgan fingerprint density at radius 3 is 0.740 bits per heavy atom. The Morgan fingerprint density at radius 2 is 0.490 bits per heavy atom. The zero-order chi connectivity index (χ0) is 69.1. The van der Waals surface area contributed by atoms with Crippen LogP contribution in [-0.4, -0.2) is 47.4 Å². The summed E-state index contributed by atoms with van der Waals surface area (Å²) >= 11 is 0. The summed E-state index contributed by atoms with van der Waals surface area (Å²) in [5.74, 6) is 0.00354. The highest BCUT2D eigenvalue weighted by molar-refractivity contribution is 5.76. The molecule has 0 radical (unpaired) electrons. The minimum absolute atomic E-state index is 0.0243. The summed E-state index contributed by atoms with van der Waals surface area (Å²) in [4.78, 5) is 24.7. The van der Waals surface area contributed by atoms with E-state index in [0.717, 1.165) is 38.5 Å². The van der Waals surface area contributed by atoms with E-state index < -0.39 is 12.1 Å². The number of allylic oxidation sites excluding steroid dienone is 2. The molecule has 0 aliphatic carbocycles. The maximum atomic E-state index is 12.6. The number of nitrogens with one attached hydrogen (secondary N) is 1. The largest absolute Gasteiger partial charge is 0.466 e. The number of rotatable bonds is 86. The number of amides is 1. The number of carbonyl (C=O) groups excluding carboxylic acids is 2. The van der Waals surface area contributed by atoms with E-state index >= 15 is 0 Å². The van der Waals surface area contributed by atoms with Gasteiger partial charge < -0.3 is 20.3 Å². The number of aliphatic hydroxyl groups is 2. The second-order valence-electron chi connectivity index (χ2n) is 31.3. The lowest BCUT2D eigenvalue weighted by molar-refractivity contribution is -0.143. The van der Waals surface area contributed by atoms with Gasteiger partial charge in [0.15, 0.2) is 0 Å². The molecule has 0 saturated heterocycles. The zero-order valence-corrected chi connectivity index (χ0v) is 65.9. The molecule has 2 atom stereocenters. The van der Waals surface area contributed by atoms with Gasteiger partial charge in [0.25, 0.3) is 0 Å². The van der Waals surface area contributed by atoms with Gasteiger partial charge in [-0.25, -0.2) is 0 Å². The Labute approximate surface area is 603 Å². The van der Waals surface area contributed by atoms with Crippen molar-refractivity contribution in [1.82, 2.24) is 5.32 Å². The zero-order valence-electron chi connectivity index (χ0n) is 65.9. The molecule has 0 aromatic rings. The predicted octanol–water partition coefficient (Wildman–Crippen LogP) is 30.2. The van der Waals surface area contributed by atoms with Gasteiger partial charge in [0.1, 0.15) is 0 Å². The fourth-order valence-electron chi connectivity index (χ4n) is 14.8. The average molecular weight is 1350 g/mol. The topological polar surface area (TPSA) is 95.9 Å². The molecule has 0 spiro atoms. The van der Waals surface area contributed by atoms with Gasteiger partial charge in [-0.1, -0.05) is 475 Å². The van der Waals surface area contributed by atoms with Gasteiger partial charge >= 0.3 is 5.97 Å². The van der Waals surface area contributed by atoms with E-state index in [4.69, 9.17) is 4.74 Å². The first-order valence-corrected chi connectivity index (χ1v) is 44.9. The van der Waals surface area contributed by atoms with Gasteiger partial charge in [-0.3, -0.25) is 9.59 Å². The normalized spacial score (nSPS) is 12.4. The molecule has 0 rings (SSSR count). The van der Waals surface area contributed by atoms with Crippen LogP contribution in [-0.2, 0) is 14.3 Å². The first-order valence-electron chi connectivity index (χ1n) is 44.9. The summed E-state index contributed by atoms with van der Waals surface area (Å²) in [6, 6.07) is -0.539. The molecule has 1 amide bonds. The first-order chi connectivity index (χ1) is 47.5. The summed E-state index contributed by atoms with van der Waals surface area (Å²) in [7, 11) is 0. The van der Waals surface area contributed by atoms with Gasteiger partial charge in [0, 0.05) is 12.8 Å². The van der Waals surface area contributed by atoms with Gasteiger partial charge in [0.05, 0.1) is 25.4 Å². The van der Waals surface area contributed by atoms with Crippen LogP contribution in [0.5, 0.6) is 0 Å². The second kappa shape index (κ2) is 86.0. The van der Waals surface area contributed by atoms with E-state index in [1.807, 2.05) is 0 Å². The molecule has 96 heavy (non-hydrogen) atoms. The highest BCUT2D eigenvalue weighted by atomic mass is 16.5. The molecule has 0 bridgehead atoms. The standard InChI is InChI=1S/C90H177NO5/c1-3-5-7-9-11-13-15-17-19-21-23-24-40-43-47-50-54-58-62-66-70-74-78-82-88(93)87(86-92)91-89(94)83-79-75-71-67-63-59-55-51-48-44-41-38-36-34-32-30-28-26-25-27-29-31-33-35-37-39-42-45-49-53-57-61-65-69-73-77-81-85-96-90(95)84-80-76-72-68-64-60-56-52-46-22-20-18-16-14-12-10-8-6-4-2/h25,27,87-88,92-93H,3-24,26,28-86H2,1-2H3,(H,91,94)/b27-25-. The molecule has 2 unspecified atom stereocenters. The van der Waals surface area contributed by atoms with Crippen LogP contribution in [0.25, 0.3) is 0 Å². The van der Waals surface area contributed by atoms with Crippen molar-refractivity contribution in [3.8, 4) is 0 Å². The van der Waals surface area contributed by atoms with Crippen molar-refractivity contribution < 1.29 is 24.5 Å². The summed E-state index contributed by atoms with van der Waals surface area (Å²) in [6.07, 6.45) is 111. The molecule has 3 N–H and O–H groups in total. The number of unbranched alkanes of at least 4 members (excludes halogenated alkanes) is 73. The van der Waals surface area contributed by atoms with Gasteiger partial charge in [-0.2, -0.15) is 0 Å². The molecule has 0 aromatic carbocycles. The molecule has 0 aliphatic rings. The summed E-state index contributed by atoms with van der Waals surface area (Å²) in [5, 5.41) is 23.5. The molecule has 572 valence electrons. The van der Waals surface area contributed by atoms with Crippen LogP contribution < -0.4 is 5.32 Å². The molecular formula is C90H177NO5. The Hall–Kier alpha value is -1.40. The van der Waals surface area contributed by atoms with Crippen LogP contribution >= 0.6 is 0 Å². The quantitative estimate of drug-likeness (QED) is 0.0320. The lowest BCUT2D eigenvalue weighted by Crippen LogP contribution is -2.45. The fourth-order valence-corrected chi connectivity index (χ4v) is 14.8. The molecule has 0 aliphatic heterocycles. The molecule has 0 aromatic heterocycles. The number of hydrogen-bond acceptors (Lipinski definition) is 5. The molecule has 0 saturated carbocycles. The summed E-state index contributed by atoms with van der Waals surface area (Å²) in [6.45, 7) is 5.03. The van der Waals surface area contributed by atoms with Crippen LogP contribution in [0.3, 0.4) is 0 Å². The van der Waals surface area contributed by atoms with Crippen molar-refractivity contribution in [3.05, 3.63) is 12.2 Å². The molecule has 0 heterocycles. The monoisotopic (exact) mass is 1350 g/mol. The fraction of sp³-hybridized carbons (Fsp3) is 0.956. The average Bonchev–Trinajstić information content (AvgIpc) is 3.77. The number of esters is 1. The van der Waals surface area contributed by atoms with E-state index in [0.29, 0.717) is 25.9 Å². The van der Waals surface area contributed by atoms with Gasteiger partial charge in [-0.15, -0.1) is 0 Å². The SMILES string of the molecule is CCCCCCCCCCCCCCCCCCCCCCCCCC(O)C(CO)NC(=O)CCCCCCCCCCCCCCCCCCC/C=C\CCCCCCCCCCCCCCCCCCOC(=O)CCCCCCCCCCCCCCCCCCCCC. The van der Waals surface area contributed by atoms with Crippen LogP contribution in [0, 0.1) is 0 Å². The van der Waals surface area contributed by atoms with E-state index in [1.54, 1.807) is 0 Å². The maximum absolute atomic E-state index is 12.6. The van der Waals surface area contributed by atoms with Crippen LogP contribution in [0.4, 0.5) is 0 Å². The lowest BCUT2D eigenvalue weighted by Gasteiger charge is -2.22. The third kappa shape index (κ3) is 81.6. The number of hydrogen-bond donors (Lipinski definition) is 3. The first kappa shape index (κ1) is 94.6. The minimum atomic E-state index is -0.663. The van der Waals surface area contributed by atoms with Crippen molar-refractivity contribution in [2.45, 2.75) is 540 Å².